The molecule has 2 rings (SSSR count). The number of aromatic nitrogens is 2. The van der Waals surface area contributed by atoms with Crippen LogP contribution < -0.4 is 15.4 Å². The van der Waals surface area contributed by atoms with E-state index in [1.807, 2.05) is 20.8 Å². The van der Waals surface area contributed by atoms with Gasteiger partial charge in [0.2, 0.25) is 5.88 Å². The Morgan fingerprint density at radius 3 is 3.05 bits per heavy atom. The number of nitrogens with zero attached hydrogens (tertiary/aromatic N) is 3. The van der Waals surface area contributed by atoms with Crippen LogP contribution in [-0.2, 0) is 4.74 Å². The zero-order valence-electron chi connectivity index (χ0n) is 11.8. The maximum Gasteiger partial charge on any atom is 0.221 e. The van der Waals surface area contributed by atoms with Crippen LogP contribution in [-0.4, -0.2) is 48.4 Å². The van der Waals surface area contributed by atoms with Crippen molar-refractivity contribution in [1.82, 2.24) is 9.97 Å². The molecule has 1 fully saturated rings. The average Bonchev–Trinajstić information content (AvgIpc) is 2.41. The number of nitrogens with two attached hydrogens (primary N) is 1. The van der Waals surface area contributed by atoms with Crippen LogP contribution in [0.15, 0.2) is 6.33 Å². The number of hydrogen-bond donors (Lipinski definition) is 1. The zero-order chi connectivity index (χ0) is 13.8. The molecule has 6 heteroatoms. The number of hydrogen-bond acceptors (Lipinski definition) is 6. The fourth-order valence-corrected chi connectivity index (χ4v) is 2.21. The van der Waals surface area contributed by atoms with E-state index in [0.717, 1.165) is 24.5 Å². The maximum absolute atomic E-state index is 5.91. The minimum absolute atomic E-state index is 0.0105. The van der Waals surface area contributed by atoms with Crippen LogP contribution in [0.25, 0.3) is 0 Å². The van der Waals surface area contributed by atoms with Gasteiger partial charge < -0.3 is 20.1 Å². The molecule has 0 aromatic carbocycles. The highest BCUT2D eigenvalue weighted by molar-refractivity contribution is 5.50. The molecular weight excluding hydrogens is 244 g/mol. The molecule has 0 aliphatic carbocycles. The molecule has 0 radical (unpaired) electrons. The van der Waals surface area contributed by atoms with Crippen molar-refractivity contribution in [3.05, 3.63) is 11.9 Å². The molecular formula is C13H22N4O2. The molecule has 106 valence electrons. The number of rotatable bonds is 4. The van der Waals surface area contributed by atoms with Crippen molar-refractivity contribution < 1.29 is 9.47 Å². The van der Waals surface area contributed by atoms with Crippen molar-refractivity contribution in [1.29, 1.82) is 0 Å². The van der Waals surface area contributed by atoms with E-state index < -0.39 is 0 Å². The number of morpholine rings is 1. The largest absolute Gasteiger partial charge is 0.478 e. The topological polar surface area (TPSA) is 73.5 Å². The second-order valence-electron chi connectivity index (χ2n) is 4.77. The van der Waals surface area contributed by atoms with Crippen LogP contribution in [0, 0.1) is 6.92 Å². The van der Waals surface area contributed by atoms with Gasteiger partial charge in [-0.1, -0.05) is 0 Å². The lowest BCUT2D eigenvalue weighted by Gasteiger charge is -2.36. The van der Waals surface area contributed by atoms with Gasteiger partial charge in [0, 0.05) is 19.1 Å². The first kappa shape index (κ1) is 14.0. The first-order valence-electron chi connectivity index (χ1n) is 6.70. The quantitative estimate of drug-likeness (QED) is 0.866. The lowest BCUT2D eigenvalue weighted by atomic mass is 10.1. The lowest BCUT2D eigenvalue weighted by molar-refractivity contribution is 0.0273. The van der Waals surface area contributed by atoms with E-state index >= 15 is 0 Å². The Kier molecular flexibility index (Phi) is 4.55. The van der Waals surface area contributed by atoms with E-state index in [0.29, 0.717) is 19.1 Å². The molecule has 2 N–H and O–H groups in total. The summed E-state index contributed by atoms with van der Waals surface area (Å²) < 4.78 is 11.2. The summed E-state index contributed by atoms with van der Waals surface area (Å²) >= 11 is 0. The van der Waals surface area contributed by atoms with E-state index in [1.165, 1.54) is 0 Å². The Morgan fingerprint density at radius 2 is 2.37 bits per heavy atom. The van der Waals surface area contributed by atoms with Crippen molar-refractivity contribution in [2.45, 2.75) is 32.9 Å². The molecule has 2 heterocycles. The molecule has 6 nitrogen and oxygen atoms in total. The Bertz CT molecular complexity index is 425. The van der Waals surface area contributed by atoms with Crippen LogP contribution in [0.2, 0.25) is 0 Å². The first-order chi connectivity index (χ1) is 9.13. The zero-order valence-corrected chi connectivity index (χ0v) is 11.8. The van der Waals surface area contributed by atoms with E-state index in [9.17, 15) is 0 Å². The van der Waals surface area contributed by atoms with Gasteiger partial charge >= 0.3 is 0 Å². The Labute approximate surface area is 113 Å². The summed E-state index contributed by atoms with van der Waals surface area (Å²) in [6.45, 7) is 8.72. The van der Waals surface area contributed by atoms with E-state index in [2.05, 4.69) is 14.9 Å². The third-order valence-corrected chi connectivity index (χ3v) is 3.27. The summed E-state index contributed by atoms with van der Waals surface area (Å²) in [6.07, 6.45) is 1.59. The predicted molar refractivity (Wildman–Crippen MR) is 73.5 cm³/mol. The Balaban J connectivity index is 2.19. The summed E-state index contributed by atoms with van der Waals surface area (Å²) in [5.41, 5.74) is 6.88. The second kappa shape index (κ2) is 6.16. The molecule has 0 bridgehead atoms. The van der Waals surface area contributed by atoms with Crippen molar-refractivity contribution in [3.8, 4) is 5.88 Å². The molecule has 1 saturated heterocycles. The highest BCUT2D eigenvalue weighted by Gasteiger charge is 2.26. The monoisotopic (exact) mass is 266 g/mol. The van der Waals surface area contributed by atoms with Crippen molar-refractivity contribution >= 4 is 5.82 Å². The van der Waals surface area contributed by atoms with E-state index in [4.69, 9.17) is 15.2 Å². The van der Waals surface area contributed by atoms with Crippen molar-refractivity contribution in [3.63, 3.8) is 0 Å². The summed E-state index contributed by atoms with van der Waals surface area (Å²) in [4.78, 5) is 10.7. The third kappa shape index (κ3) is 3.13. The smallest absolute Gasteiger partial charge is 0.221 e. The highest BCUT2D eigenvalue weighted by atomic mass is 16.5. The van der Waals surface area contributed by atoms with Gasteiger partial charge in [0.1, 0.15) is 12.1 Å². The van der Waals surface area contributed by atoms with Gasteiger partial charge in [-0.3, -0.25) is 0 Å². The third-order valence-electron chi connectivity index (χ3n) is 3.27. The summed E-state index contributed by atoms with van der Waals surface area (Å²) in [6, 6.07) is 0.0105. The summed E-state index contributed by atoms with van der Waals surface area (Å²) in [5.74, 6) is 1.56. The highest BCUT2D eigenvalue weighted by Crippen LogP contribution is 2.25. The number of anilines is 1. The van der Waals surface area contributed by atoms with E-state index in [-0.39, 0.29) is 12.1 Å². The van der Waals surface area contributed by atoms with Gasteiger partial charge in [-0.15, -0.1) is 0 Å². The van der Waals surface area contributed by atoms with Crippen LogP contribution in [0.5, 0.6) is 5.88 Å². The van der Waals surface area contributed by atoms with Crippen LogP contribution in [0.1, 0.15) is 19.4 Å². The molecule has 19 heavy (non-hydrogen) atoms. The molecule has 0 saturated carbocycles. The molecule has 0 amide bonds. The van der Waals surface area contributed by atoms with Crippen LogP contribution >= 0.6 is 0 Å². The Hall–Kier alpha value is -1.40. The first-order valence-corrected chi connectivity index (χ1v) is 6.70. The summed E-state index contributed by atoms with van der Waals surface area (Å²) in [5, 5.41) is 0. The predicted octanol–water partition coefficient (Wildman–Crippen LogP) is 0.736. The molecule has 2 unspecified atom stereocenters. The Morgan fingerprint density at radius 1 is 1.58 bits per heavy atom. The maximum atomic E-state index is 5.91. The fraction of sp³-hybridized carbons (Fsp3) is 0.692. The van der Waals surface area contributed by atoms with Gasteiger partial charge in [-0.2, -0.15) is 0 Å². The molecule has 1 aliphatic rings. The molecule has 0 spiro atoms. The minimum atomic E-state index is 0.0105. The lowest BCUT2D eigenvalue weighted by Crippen LogP contribution is -2.50. The summed E-state index contributed by atoms with van der Waals surface area (Å²) in [7, 11) is 0. The average molecular weight is 266 g/mol. The van der Waals surface area contributed by atoms with Crippen LogP contribution in [0.3, 0.4) is 0 Å². The SMILES string of the molecule is CCOc1ncnc(N2CCOC(C(C)N)C2)c1C. The molecule has 1 aliphatic heterocycles. The molecule has 1 aromatic heterocycles. The minimum Gasteiger partial charge on any atom is -0.478 e. The number of ether oxygens (including phenoxy) is 2. The molecule has 2 atom stereocenters. The van der Waals surface area contributed by atoms with Gasteiger partial charge in [0.05, 0.1) is 24.9 Å². The van der Waals surface area contributed by atoms with Gasteiger partial charge in [0.25, 0.3) is 0 Å². The van der Waals surface area contributed by atoms with Crippen molar-refractivity contribution in [2.75, 3.05) is 31.2 Å². The van der Waals surface area contributed by atoms with Crippen LogP contribution in [0.4, 0.5) is 5.82 Å². The standard InChI is InChI=1S/C13H22N4O2/c1-4-18-13-9(2)12(15-8-16-13)17-5-6-19-11(7-17)10(3)14/h8,10-11H,4-7,14H2,1-3H3. The van der Waals surface area contributed by atoms with E-state index in [1.54, 1.807) is 6.33 Å². The van der Waals surface area contributed by atoms with Gasteiger partial charge in [-0.05, 0) is 20.8 Å². The van der Waals surface area contributed by atoms with Gasteiger partial charge in [-0.25, -0.2) is 9.97 Å². The van der Waals surface area contributed by atoms with Gasteiger partial charge in [0.15, 0.2) is 0 Å². The second-order valence-corrected chi connectivity index (χ2v) is 4.77. The molecule has 1 aromatic rings. The van der Waals surface area contributed by atoms with Crippen molar-refractivity contribution in [2.24, 2.45) is 5.73 Å². The normalized spacial score (nSPS) is 21.3. The fourth-order valence-electron chi connectivity index (χ4n) is 2.21.